The standard InChI is InChI=1S/C13H22N2O3.C9H6FNO.C2H6/c1-5-18-11(7-16)6-14-13(17)12-8(2)9(3)15-10(12)4;1-5-7-4-6(10)2-3-8(7)11-9(5)12;1-2/h7-9,11,15H,5-6H2,1-4H3,(H,14,17);2-4H,1H2,(H,11,12);1-2H3. The van der Waals surface area contributed by atoms with Crippen molar-refractivity contribution in [3.05, 3.63) is 47.4 Å². The molecule has 0 aromatic heterocycles. The highest BCUT2D eigenvalue weighted by molar-refractivity contribution is 6.30. The summed E-state index contributed by atoms with van der Waals surface area (Å²) >= 11 is 0. The molecular formula is C24H34FN3O4. The highest BCUT2D eigenvalue weighted by Gasteiger charge is 2.30. The van der Waals surface area contributed by atoms with E-state index < -0.39 is 6.10 Å². The van der Waals surface area contributed by atoms with Crippen LogP contribution >= 0.6 is 0 Å². The van der Waals surface area contributed by atoms with Crippen LogP contribution in [0.5, 0.6) is 0 Å². The van der Waals surface area contributed by atoms with Crippen LogP contribution in [0.15, 0.2) is 36.0 Å². The molecule has 2 aliphatic rings. The van der Waals surface area contributed by atoms with E-state index in [9.17, 15) is 18.8 Å². The summed E-state index contributed by atoms with van der Waals surface area (Å²) in [4.78, 5) is 33.8. The molecule has 7 nitrogen and oxygen atoms in total. The maximum Gasteiger partial charge on any atom is 0.255 e. The van der Waals surface area contributed by atoms with Gasteiger partial charge in [-0.15, -0.1) is 0 Å². The summed E-state index contributed by atoms with van der Waals surface area (Å²) in [5.74, 6) is -0.558. The molecule has 0 fully saturated rings. The van der Waals surface area contributed by atoms with E-state index in [-0.39, 0.29) is 36.1 Å². The molecular weight excluding hydrogens is 413 g/mol. The van der Waals surface area contributed by atoms with Crippen LogP contribution in [-0.2, 0) is 19.1 Å². The summed E-state index contributed by atoms with van der Waals surface area (Å²) in [5, 5.41) is 8.56. The minimum atomic E-state index is -0.568. The van der Waals surface area contributed by atoms with E-state index in [1.165, 1.54) is 18.2 Å². The largest absolute Gasteiger partial charge is 0.385 e. The monoisotopic (exact) mass is 447 g/mol. The number of aldehydes is 1. The first-order valence-corrected chi connectivity index (χ1v) is 10.8. The Balaban J connectivity index is 0.000000315. The van der Waals surface area contributed by atoms with Gasteiger partial charge in [-0.3, -0.25) is 9.59 Å². The zero-order chi connectivity index (χ0) is 24.4. The second-order valence-corrected chi connectivity index (χ2v) is 7.22. The van der Waals surface area contributed by atoms with Crippen LogP contribution in [-0.4, -0.2) is 43.4 Å². The third-order valence-corrected chi connectivity index (χ3v) is 5.12. The lowest BCUT2D eigenvalue weighted by atomic mass is 9.97. The average molecular weight is 448 g/mol. The predicted octanol–water partition coefficient (Wildman–Crippen LogP) is 3.43. The van der Waals surface area contributed by atoms with Crippen molar-refractivity contribution in [2.75, 3.05) is 18.5 Å². The van der Waals surface area contributed by atoms with E-state index in [1.807, 2.05) is 41.5 Å². The van der Waals surface area contributed by atoms with E-state index in [2.05, 4.69) is 22.5 Å². The first-order chi connectivity index (χ1) is 15.2. The molecule has 0 saturated heterocycles. The molecule has 0 bridgehead atoms. The number of allylic oxidation sites excluding steroid dienone is 1. The Bertz CT molecular complexity index is 882. The van der Waals surface area contributed by atoms with Gasteiger partial charge in [0.15, 0.2) is 6.29 Å². The Morgan fingerprint density at radius 1 is 1.34 bits per heavy atom. The van der Waals surface area contributed by atoms with E-state index >= 15 is 0 Å². The summed E-state index contributed by atoms with van der Waals surface area (Å²) in [6.45, 7) is 16.0. The van der Waals surface area contributed by atoms with E-state index in [1.54, 1.807) is 0 Å². The Hall–Kier alpha value is -3.00. The molecule has 176 valence electrons. The Labute approximate surface area is 189 Å². The van der Waals surface area contributed by atoms with Crippen molar-refractivity contribution in [2.24, 2.45) is 5.92 Å². The maximum absolute atomic E-state index is 12.7. The molecule has 2 heterocycles. The zero-order valence-corrected chi connectivity index (χ0v) is 19.7. The van der Waals surface area contributed by atoms with Crippen molar-refractivity contribution in [3.8, 4) is 0 Å². The number of carbonyl (C=O) groups is 3. The van der Waals surface area contributed by atoms with Gasteiger partial charge < -0.3 is 25.5 Å². The highest BCUT2D eigenvalue weighted by Crippen LogP contribution is 2.30. The van der Waals surface area contributed by atoms with Crippen molar-refractivity contribution in [1.82, 2.24) is 10.6 Å². The Morgan fingerprint density at radius 3 is 2.53 bits per heavy atom. The van der Waals surface area contributed by atoms with Crippen LogP contribution in [0.25, 0.3) is 5.57 Å². The molecule has 3 N–H and O–H groups in total. The number of fused-ring (bicyclic) bond motifs is 1. The topological polar surface area (TPSA) is 96.5 Å². The maximum atomic E-state index is 12.7. The van der Waals surface area contributed by atoms with Gasteiger partial charge in [0, 0.05) is 46.7 Å². The molecule has 2 aliphatic heterocycles. The van der Waals surface area contributed by atoms with Gasteiger partial charge in [-0.1, -0.05) is 27.4 Å². The summed E-state index contributed by atoms with van der Waals surface area (Å²) in [5.41, 5.74) is 3.19. The molecule has 8 heteroatoms. The lowest BCUT2D eigenvalue weighted by Crippen LogP contribution is -2.36. The second kappa shape index (κ2) is 12.8. The number of anilines is 1. The third kappa shape index (κ3) is 6.75. The molecule has 0 saturated carbocycles. The molecule has 0 radical (unpaired) electrons. The third-order valence-electron chi connectivity index (χ3n) is 5.12. The molecule has 3 atom stereocenters. The number of hydrogen-bond donors (Lipinski definition) is 3. The van der Waals surface area contributed by atoms with Crippen LogP contribution in [0.4, 0.5) is 10.1 Å². The summed E-state index contributed by atoms with van der Waals surface area (Å²) < 4.78 is 17.8. The first kappa shape index (κ1) is 27.0. The molecule has 3 unspecified atom stereocenters. The number of amides is 2. The number of ether oxygens (including phenoxy) is 1. The Morgan fingerprint density at radius 2 is 2.00 bits per heavy atom. The fourth-order valence-corrected chi connectivity index (χ4v) is 3.36. The second-order valence-electron chi connectivity index (χ2n) is 7.22. The van der Waals surface area contributed by atoms with E-state index in [0.717, 1.165) is 11.3 Å². The number of rotatable bonds is 6. The van der Waals surface area contributed by atoms with Gasteiger partial charge in [0.2, 0.25) is 5.91 Å². The first-order valence-electron chi connectivity index (χ1n) is 10.8. The van der Waals surface area contributed by atoms with Crippen LogP contribution in [0.2, 0.25) is 0 Å². The van der Waals surface area contributed by atoms with Crippen molar-refractivity contribution >= 4 is 29.4 Å². The molecule has 32 heavy (non-hydrogen) atoms. The van der Waals surface area contributed by atoms with Gasteiger partial charge >= 0.3 is 0 Å². The number of nitrogens with one attached hydrogen (secondary N) is 3. The van der Waals surface area contributed by atoms with Gasteiger partial charge in [0.05, 0.1) is 6.54 Å². The van der Waals surface area contributed by atoms with Crippen molar-refractivity contribution < 1.29 is 23.5 Å². The average Bonchev–Trinajstić information content (AvgIpc) is 3.20. The summed E-state index contributed by atoms with van der Waals surface area (Å²) in [7, 11) is 0. The predicted molar refractivity (Wildman–Crippen MR) is 124 cm³/mol. The number of hydrogen-bond acceptors (Lipinski definition) is 5. The van der Waals surface area contributed by atoms with Crippen molar-refractivity contribution in [1.29, 1.82) is 0 Å². The van der Waals surface area contributed by atoms with Gasteiger partial charge in [-0.25, -0.2) is 4.39 Å². The van der Waals surface area contributed by atoms with Crippen LogP contribution in [0.1, 0.15) is 47.1 Å². The van der Waals surface area contributed by atoms with Crippen LogP contribution in [0, 0.1) is 11.7 Å². The van der Waals surface area contributed by atoms with Gasteiger partial charge in [-0.05, 0) is 39.0 Å². The Kier molecular flexibility index (Phi) is 10.8. The number of benzene rings is 1. The summed E-state index contributed by atoms with van der Waals surface area (Å²) in [6, 6.07) is 4.40. The number of halogens is 1. The zero-order valence-electron chi connectivity index (χ0n) is 19.7. The van der Waals surface area contributed by atoms with Crippen molar-refractivity contribution in [3.63, 3.8) is 0 Å². The quantitative estimate of drug-likeness (QED) is 0.459. The van der Waals surface area contributed by atoms with Gasteiger partial charge in [0.1, 0.15) is 11.9 Å². The highest BCUT2D eigenvalue weighted by atomic mass is 19.1. The van der Waals surface area contributed by atoms with Gasteiger partial charge in [-0.2, -0.15) is 0 Å². The smallest absolute Gasteiger partial charge is 0.255 e. The minimum absolute atomic E-state index is 0.122. The van der Waals surface area contributed by atoms with E-state index in [4.69, 9.17) is 4.74 Å². The van der Waals surface area contributed by atoms with E-state index in [0.29, 0.717) is 29.7 Å². The SMILES string of the molecule is C=C1C(=O)Nc2ccc(F)cc21.CC.CCOC(C=O)CNC(=O)C1=C(C)NC(C)C1C. The van der Waals surface area contributed by atoms with Crippen LogP contribution in [0.3, 0.4) is 0 Å². The van der Waals surface area contributed by atoms with Crippen LogP contribution < -0.4 is 16.0 Å². The minimum Gasteiger partial charge on any atom is -0.385 e. The normalized spacial score (nSPS) is 19.5. The molecule has 1 aromatic rings. The molecule has 2 amide bonds. The molecule has 3 rings (SSSR count). The van der Waals surface area contributed by atoms with Crippen molar-refractivity contribution in [2.45, 2.75) is 53.7 Å². The molecule has 0 spiro atoms. The fourth-order valence-electron chi connectivity index (χ4n) is 3.36. The fraction of sp³-hybridized carbons (Fsp3) is 0.458. The lowest BCUT2D eigenvalue weighted by molar-refractivity contribution is -0.121. The molecule has 0 aliphatic carbocycles. The molecule has 1 aromatic carbocycles. The van der Waals surface area contributed by atoms with Gasteiger partial charge in [0.25, 0.3) is 5.91 Å². The number of carbonyl (C=O) groups excluding carboxylic acids is 3. The lowest BCUT2D eigenvalue weighted by Gasteiger charge is -2.15. The summed E-state index contributed by atoms with van der Waals surface area (Å²) in [6.07, 6.45) is 0.145.